The monoisotopic (exact) mass is 164 g/mol. The zero-order chi connectivity index (χ0) is 7.84. The Balaban J connectivity index is 2.86. The topological polar surface area (TPSA) is 41.8 Å². The van der Waals surface area contributed by atoms with Crippen LogP contribution in [0.25, 0.3) is 10.9 Å². The molecule has 0 amide bonds. The van der Waals surface area contributed by atoms with Crippen molar-refractivity contribution < 1.29 is 0 Å². The predicted molar refractivity (Wildman–Crippen MR) is 50.0 cm³/mol. The Hall–Kier alpha value is -1.09. The lowest BCUT2D eigenvalue weighted by Crippen LogP contribution is -1.85. The fourth-order valence-electron chi connectivity index (χ4n) is 1.11. The highest BCUT2D eigenvalue weighted by molar-refractivity contribution is 7.80. The molecule has 0 saturated heterocycles. The molecule has 0 aliphatic heterocycles. The number of benzene rings is 1. The summed E-state index contributed by atoms with van der Waals surface area (Å²) in [4.78, 5) is 3.90. The number of aromatic nitrogens is 1. The molecule has 1 heterocycles. The number of hydrogen-bond acceptors (Lipinski definition) is 2. The number of nitrogens with two attached hydrogens (primary N) is 1. The molecule has 0 aliphatic carbocycles. The molecule has 0 aliphatic rings. The molecule has 11 heavy (non-hydrogen) atoms. The maximum absolute atomic E-state index is 5.65. The van der Waals surface area contributed by atoms with Gasteiger partial charge in [0, 0.05) is 27.7 Å². The molecule has 0 radical (unpaired) electrons. The standard InChI is InChI=1S/C8H8N2S/c9-6-4-7-5(1-2-10-7)3-8(6)11/h1-4,10-11H,9H2. The van der Waals surface area contributed by atoms with Crippen LogP contribution in [0.4, 0.5) is 5.69 Å². The van der Waals surface area contributed by atoms with Crippen molar-refractivity contribution in [2.45, 2.75) is 4.90 Å². The van der Waals surface area contributed by atoms with E-state index in [2.05, 4.69) is 17.6 Å². The highest BCUT2D eigenvalue weighted by atomic mass is 32.1. The number of H-pyrrole nitrogens is 1. The van der Waals surface area contributed by atoms with Crippen molar-refractivity contribution in [3.63, 3.8) is 0 Å². The van der Waals surface area contributed by atoms with Crippen molar-refractivity contribution in [3.8, 4) is 0 Å². The predicted octanol–water partition coefficient (Wildman–Crippen LogP) is 2.04. The van der Waals surface area contributed by atoms with E-state index < -0.39 is 0 Å². The number of rotatable bonds is 0. The van der Waals surface area contributed by atoms with Crippen LogP contribution in [0.3, 0.4) is 0 Å². The summed E-state index contributed by atoms with van der Waals surface area (Å²) in [7, 11) is 0. The molecule has 1 aromatic carbocycles. The van der Waals surface area contributed by atoms with Crippen LogP contribution in [0.1, 0.15) is 0 Å². The highest BCUT2D eigenvalue weighted by Gasteiger charge is 1.97. The lowest BCUT2D eigenvalue weighted by Gasteiger charge is -1.97. The van der Waals surface area contributed by atoms with E-state index in [1.807, 2.05) is 24.4 Å². The summed E-state index contributed by atoms with van der Waals surface area (Å²) in [5.74, 6) is 0. The number of anilines is 1. The van der Waals surface area contributed by atoms with E-state index in [9.17, 15) is 0 Å². The lowest BCUT2D eigenvalue weighted by molar-refractivity contribution is 1.46. The average Bonchev–Trinajstić information content (AvgIpc) is 2.36. The summed E-state index contributed by atoms with van der Waals surface area (Å²) in [6, 6.07) is 5.83. The largest absolute Gasteiger partial charge is 0.398 e. The van der Waals surface area contributed by atoms with E-state index in [1.165, 1.54) is 0 Å². The number of nitrogens with one attached hydrogen (secondary N) is 1. The summed E-state index contributed by atoms with van der Waals surface area (Å²) in [5.41, 5.74) is 7.42. The molecule has 3 heteroatoms. The van der Waals surface area contributed by atoms with Gasteiger partial charge in [-0.25, -0.2) is 0 Å². The third-order valence-corrected chi connectivity index (χ3v) is 2.09. The molecule has 0 atom stereocenters. The van der Waals surface area contributed by atoms with E-state index in [0.29, 0.717) is 5.69 Å². The Labute approximate surface area is 69.8 Å². The minimum Gasteiger partial charge on any atom is -0.398 e. The van der Waals surface area contributed by atoms with Gasteiger partial charge < -0.3 is 10.7 Å². The Morgan fingerprint density at radius 1 is 1.36 bits per heavy atom. The fraction of sp³-hybridized carbons (Fsp3) is 0. The Morgan fingerprint density at radius 2 is 2.18 bits per heavy atom. The van der Waals surface area contributed by atoms with Crippen molar-refractivity contribution in [1.29, 1.82) is 0 Å². The second-order valence-electron chi connectivity index (χ2n) is 2.48. The third-order valence-electron chi connectivity index (χ3n) is 1.70. The minimum atomic E-state index is 0.711. The van der Waals surface area contributed by atoms with Crippen LogP contribution in [0.15, 0.2) is 29.3 Å². The van der Waals surface area contributed by atoms with Gasteiger partial charge in [-0.15, -0.1) is 12.6 Å². The van der Waals surface area contributed by atoms with Gasteiger partial charge in [0.15, 0.2) is 0 Å². The average molecular weight is 164 g/mol. The minimum absolute atomic E-state index is 0.711. The highest BCUT2D eigenvalue weighted by Crippen LogP contribution is 2.23. The van der Waals surface area contributed by atoms with Crippen LogP contribution in [-0.2, 0) is 0 Å². The molecule has 0 saturated carbocycles. The first-order chi connectivity index (χ1) is 5.27. The molecule has 0 spiro atoms. The summed E-state index contributed by atoms with van der Waals surface area (Å²) in [6.07, 6.45) is 1.89. The Kier molecular flexibility index (Phi) is 1.32. The second-order valence-corrected chi connectivity index (χ2v) is 2.96. The normalized spacial score (nSPS) is 10.6. The summed E-state index contributed by atoms with van der Waals surface area (Å²) in [5, 5.41) is 1.14. The van der Waals surface area contributed by atoms with E-state index in [1.54, 1.807) is 0 Å². The molecule has 0 fully saturated rings. The third kappa shape index (κ3) is 0.973. The van der Waals surface area contributed by atoms with E-state index in [-0.39, 0.29) is 0 Å². The zero-order valence-electron chi connectivity index (χ0n) is 5.83. The van der Waals surface area contributed by atoms with Crippen molar-refractivity contribution in [2.75, 3.05) is 5.73 Å². The van der Waals surface area contributed by atoms with Gasteiger partial charge in [-0.1, -0.05) is 0 Å². The van der Waals surface area contributed by atoms with Gasteiger partial charge in [-0.3, -0.25) is 0 Å². The maximum Gasteiger partial charge on any atom is 0.0475 e. The molecule has 0 bridgehead atoms. The van der Waals surface area contributed by atoms with Gasteiger partial charge >= 0.3 is 0 Å². The first-order valence-electron chi connectivity index (χ1n) is 3.33. The summed E-state index contributed by atoms with van der Waals surface area (Å²) < 4.78 is 0. The number of fused-ring (bicyclic) bond motifs is 1. The van der Waals surface area contributed by atoms with Gasteiger partial charge in [0.1, 0.15) is 0 Å². The molecular weight excluding hydrogens is 156 g/mol. The van der Waals surface area contributed by atoms with Gasteiger partial charge in [-0.05, 0) is 18.2 Å². The number of thiol groups is 1. The Bertz CT molecular complexity index is 356. The van der Waals surface area contributed by atoms with E-state index >= 15 is 0 Å². The molecular formula is C8H8N2S. The first kappa shape index (κ1) is 6.61. The quantitative estimate of drug-likeness (QED) is 0.405. The molecule has 2 nitrogen and oxygen atoms in total. The molecule has 2 rings (SSSR count). The van der Waals surface area contributed by atoms with Crippen molar-refractivity contribution in [1.82, 2.24) is 4.98 Å². The number of nitrogen functional groups attached to an aromatic ring is 1. The van der Waals surface area contributed by atoms with Gasteiger partial charge in [-0.2, -0.15) is 0 Å². The van der Waals surface area contributed by atoms with Crippen LogP contribution in [0.5, 0.6) is 0 Å². The number of hydrogen-bond donors (Lipinski definition) is 3. The summed E-state index contributed by atoms with van der Waals surface area (Å²) in [6.45, 7) is 0. The first-order valence-corrected chi connectivity index (χ1v) is 3.77. The molecule has 1 aromatic heterocycles. The van der Waals surface area contributed by atoms with Crippen LogP contribution in [-0.4, -0.2) is 4.98 Å². The summed E-state index contributed by atoms with van der Waals surface area (Å²) >= 11 is 4.21. The molecule has 0 unspecified atom stereocenters. The zero-order valence-corrected chi connectivity index (χ0v) is 6.73. The molecule has 56 valence electrons. The van der Waals surface area contributed by atoms with Crippen molar-refractivity contribution in [3.05, 3.63) is 24.4 Å². The van der Waals surface area contributed by atoms with Crippen LogP contribution < -0.4 is 5.73 Å². The SMILES string of the molecule is Nc1cc2[nH]ccc2cc1S. The van der Waals surface area contributed by atoms with Gasteiger partial charge in [0.05, 0.1) is 0 Å². The van der Waals surface area contributed by atoms with Crippen LogP contribution >= 0.6 is 12.6 Å². The fourth-order valence-corrected chi connectivity index (χ4v) is 1.31. The molecule has 2 aromatic rings. The van der Waals surface area contributed by atoms with Crippen molar-refractivity contribution in [2.24, 2.45) is 0 Å². The smallest absolute Gasteiger partial charge is 0.0475 e. The molecule has 3 N–H and O–H groups in total. The Morgan fingerprint density at radius 3 is 3.00 bits per heavy atom. The number of aromatic amines is 1. The lowest BCUT2D eigenvalue weighted by atomic mass is 10.2. The van der Waals surface area contributed by atoms with Crippen molar-refractivity contribution >= 4 is 29.2 Å². The second kappa shape index (κ2) is 2.20. The maximum atomic E-state index is 5.65. The van der Waals surface area contributed by atoms with Crippen LogP contribution in [0, 0.1) is 0 Å². The van der Waals surface area contributed by atoms with E-state index in [4.69, 9.17) is 5.73 Å². The van der Waals surface area contributed by atoms with Gasteiger partial charge in [0.2, 0.25) is 0 Å². The van der Waals surface area contributed by atoms with E-state index in [0.717, 1.165) is 15.8 Å². The van der Waals surface area contributed by atoms with Crippen LogP contribution in [0.2, 0.25) is 0 Å². The van der Waals surface area contributed by atoms with Gasteiger partial charge in [0.25, 0.3) is 0 Å².